The minimum absolute atomic E-state index is 0.0229. The smallest absolute Gasteiger partial charge is 0.316 e. The van der Waals surface area contributed by atoms with Gasteiger partial charge in [0.25, 0.3) is 0 Å². The van der Waals surface area contributed by atoms with Gasteiger partial charge in [0, 0.05) is 6.42 Å². The summed E-state index contributed by atoms with van der Waals surface area (Å²) in [5.74, 6) is -0.945. The van der Waals surface area contributed by atoms with Gasteiger partial charge in [0.2, 0.25) is 0 Å². The van der Waals surface area contributed by atoms with Crippen molar-refractivity contribution < 1.29 is 14.3 Å². The highest BCUT2D eigenvalue weighted by molar-refractivity contribution is 6.01. The monoisotopic (exact) mass is 250 g/mol. The normalized spacial score (nSPS) is 28.3. The Kier molecular flexibility index (Phi) is 4.88. The van der Waals surface area contributed by atoms with Crippen LogP contribution in [0.2, 0.25) is 0 Å². The Morgan fingerprint density at radius 2 is 2.28 bits per heavy atom. The maximum atomic E-state index is 11.8. The molecule has 3 heteroatoms. The van der Waals surface area contributed by atoms with E-state index in [-0.39, 0.29) is 17.2 Å². The molecule has 1 aliphatic carbocycles. The molecule has 1 saturated carbocycles. The lowest BCUT2D eigenvalue weighted by atomic mass is 9.75. The Morgan fingerprint density at radius 1 is 1.61 bits per heavy atom. The molecule has 1 aliphatic rings. The van der Waals surface area contributed by atoms with Gasteiger partial charge in [0.05, 0.1) is 7.11 Å². The molecule has 0 heterocycles. The van der Waals surface area contributed by atoms with Gasteiger partial charge in [-0.25, -0.2) is 0 Å². The highest BCUT2D eigenvalue weighted by atomic mass is 16.5. The number of hydrogen-bond donors (Lipinski definition) is 0. The average Bonchev–Trinajstić information content (AvgIpc) is 2.63. The third kappa shape index (κ3) is 3.09. The molecule has 2 atom stereocenters. The van der Waals surface area contributed by atoms with Crippen LogP contribution in [0.25, 0.3) is 0 Å². The number of ether oxygens (including phenoxy) is 1. The summed E-state index contributed by atoms with van der Waals surface area (Å²) in [5, 5.41) is 0. The molecule has 0 aliphatic heterocycles. The molecule has 100 valence electrons. The zero-order valence-corrected chi connectivity index (χ0v) is 11.5. The van der Waals surface area contributed by atoms with Gasteiger partial charge in [-0.05, 0) is 31.6 Å². The van der Waals surface area contributed by atoms with Gasteiger partial charge >= 0.3 is 5.97 Å². The fraction of sp³-hybridized carbons (Fsp3) is 0.600. The molecule has 18 heavy (non-hydrogen) atoms. The predicted molar refractivity (Wildman–Crippen MR) is 71.0 cm³/mol. The van der Waals surface area contributed by atoms with Gasteiger partial charge in [0.1, 0.15) is 11.7 Å². The summed E-state index contributed by atoms with van der Waals surface area (Å²) in [4.78, 5) is 23.6. The number of Topliss-reactive ketones (excluding diaryl/α,β-unsaturated/α-hetero) is 1. The van der Waals surface area contributed by atoms with Crippen molar-refractivity contribution in [3.05, 3.63) is 24.3 Å². The van der Waals surface area contributed by atoms with Crippen molar-refractivity contribution in [1.82, 2.24) is 0 Å². The SMILES string of the molecule is C=C/C=C(\C)CCC1(C)CCC(=O)C1C(=O)OC. The first-order valence-electron chi connectivity index (χ1n) is 6.33. The van der Waals surface area contributed by atoms with Crippen LogP contribution in [0.3, 0.4) is 0 Å². The van der Waals surface area contributed by atoms with Crippen LogP contribution in [-0.4, -0.2) is 18.9 Å². The third-order valence-electron chi connectivity index (χ3n) is 3.89. The van der Waals surface area contributed by atoms with Crippen LogP contribution >= 0.6 is 0 Å². The van der Waals surface area contributed by atoms with Crippen LogP contribution in [0.15, 0.2) is 24.3 Å². The number of carbonyl (C=O) groups is 2. The van der Waals surface area contributed by atoms with Crippen LogP contribution in [0.4, 0.5) is 0 Å². The third-order valence-corrected chi connectivity index (χ3v) is 3.89. The van der Waals surface area contributed by atoms with Crippen molar-refractivity contribution in [2.75, 3.05) is 7.11 Å². The fourth-order valence-electron chi connectivity index (χ4n) is 2.66. The van der Waals surface area contributed by atoms with E-state index < -0.39 is 5.92 Å². The summed E-state index contributed by atoms with van der Waals surface area (Å²) in [7, 11) is 1.34. The first-order valence-corrected chi connectivity index (χ1v) is 6.33. The summed E-state index contributed by atoms with van der Waals surface area (Å²) in [5.41, 5.74) is 0.953. The molecule has 0 amide bonds. The fourth-order valence-corrected chi connectivity index (χ4v) is 2.66. The quantitative estimate of drug-likeness (QED) is 0.428. The van der Waals surface area contributed by atoms with E-state index in [1.54, 1.807) is 6.08 Å². The van der Waals surface area contributed by atoms with E-state index in [4.69, 9.17) is 4.74 Å². The van der Waals surface area contributed by atoms with Crippen molar-refractivity contribution in [2.45, 2.75) is 39.5 Å². The van der Waals surface area contributed by atoms with Crippen molar-refractivity contribution in [1.29, 1.82) is 0 Å². The van der Waals surface area contributed by atoms with Gasteiger partial charge < -0.3 is 4.74 Å². The van der Waals surface area contributed by atoms with Crippen LogP contribution in [0.5, 0.6) is 0 Å². The summed E-state index contributed by atoms with van der Waals surface area (Å²) < 4.78 is 4.76. The van der Waals surface area contributed by atoms with Crippen molar-refractivity contribution >= 4 is 11.8 Å². The van der Waals surface area contributed by atoms with Crippen molar-refractivity contribution in [3.63, 3.8) is 0 Å². The lowest BCUT2D eigenvalue weighted by Crippen LogP contribution is -2.33. The summed E-state index contributed by atoms with van der Waals surface area (Å²) in [6.45, 7) is 7.71. The van der Waals surface area contributed by atoms with Crippen LogP contribution in [0, 0.1) is 11.3 Å². The number of rotatable bonds is 5. The maximum Gasteiger partial charge on any atom is 0.316 e. The van der Waals surface area contributed by atoms with Crippen LogP contribution in [0.1, 0.15) is 39.5 Å². The number of esters is 1. The molecule has 0 bridgehead atoms. The highest BCUT2D eigenvalue weighted by Crippen LogP contribution is 2.45. The van der Waals surface area contributed by atoms with Crippen LogP contribution in [-0.2, 0) is 14.3 Å². The van der Waals surface area contributed by atoms with E-state index in [0.29, 0.717) is 6.42 Å². The van der Waals surface area contributed by atoms with E-state index in [9.17, 15) is 9.59 Å². The first-order chi connectivity index (χ1) is 8.44. The topological polar surface area (TPSA) is 43.4 Å². The number of methoxy groups -OCH3 is 1. The number of carbonyl (C=O) groups excluding carboxylic acids is 2. The molecular weight excluding hydrogens is 228 g/mol. The standard InChI is InChI=1S/C15H22O3/c1-5-6-11(2)7-9-15(3)10-8-12(16)13(15)14(17)18-4/h5-6,13H,1,7-10H2,2-4H3/b11-6+. The summed E-state index contributed by atoms with van der Waals surface area (Å²) >= 11 is 0. The largest absolute Gasteiger partial charge is 0.468 e. The Balaban J connectivity index is 2.77. The van der Waals surface area contributed by atoms with Gasteiger partial charge in [0.15, 0.2) is 0 Å². The number of allylic oxidation sites excluding steroid dienone is 3. The summed E-state index contributed by atoms with van der Waals surface area (Å²) in [6, 6.07) is 0. The first kappa shape index (κ1) is 14.7. The second-order valence-corrected chi connectivity index (χ2v) is 5.33. The average molecular weight is 250 g/mol. The Morgan fingerprint density at radius 3 is 2.83 bits per heavy atom. The van der Waals surface area contributed by atoms with E-state index in [2.05, 4.69) is 6.58 Å². The van der Waals surface area contributed by atoms with E-state index in [1.807, 2.05) is 19.9 Å². The van der Waals surface area contributed by atoms with Crippen molar-refractivity contribution in [3.8, 4) is 0 Å². The van der Waals surface area contributed by atoms with Crippen LogP contribution < -0.4 is 0 Å². The molecular formula is C15H22O3. The second kappa shape index (κ2) is 5.98. The van der Waals surface area contributed by atoms with E-state index in [1.165, 1.54) is 12.7 Å². The Hall–Kier alpha value is -1.38. The maximum absolute atomic E-state index is 11.8. The zero-order chi connectivity index (χ0) is 13.8. The van der Waals surface area contributed by atoms with E-state index >= 15 is 0 Å². The number of hydrogen-bond acceptors (Lipinski definition) is 3. The van der Waals surface area contributed by atoms with Gasteiger partial charge in [-0.2, -0.15) is 0 Å². The highest BCUT2D eigenvalue weighted by Gasteiger charge is 2.48. The number of ketones is 1. The van der Waals surface area contributed by atoms with E-state index in [0.717, 1.165) is 19.3 Å². The molecule has 0 N–H and O–H groups in total. The molecule has 3 nitrogen and oxygen atoms in total. The van der Waals surface area contributed by atoms with Gasteiger partial charge in [-0.1, -0.05) is 31.2 Å². The molecule has 0 aromatic heterocycles. The summed E-state index contributed by atoms with van der Waals surface area (Å²) in [6.07, 6.45) is 6.69. The lowest BCUT2D eigenvalue weighted by molar-refractivity contribution is -0.152. The molecule has 0 saturated heterocycles. The Bertz CT molecular complexity index is 381. The molecule has 0 aromatic carbocycles. The zero-order valence-electron chi connectivity index (χ0n) is 11.5. The molecule has 1 rings (SSSR count). The molecule has 0 spiro atoms. The molecule has 0 aromatic rings. The minimum Gasteiger partial charge on any atom is -0.468 e. The molecule has 2 unspecified atom stereocenters. The lowest BCUT2D eigenvalue weighted by Gasteiger charge is -2.28. The predicted octanol–water partition coefficient (Wildman–Crippen LogP) is 3.06. The molecule has 0 radical (unpaired) electrons. The Labute approximate surface area is 109 Å². The van der Waals surface area contributed by atoms with Gasteiger partial charge in [-0.15, -0.1) is 0 Å². The minimum atomic E-state index is -0.584. The molecule has 1 fully saturated rings. The van der Waals surface area contributed by atoms with Gasteiger partial charge in [-0.3, -0.25) is 9.59 Å². The van der Waals surface area contributed by atoms with Crippen molar-refractivity contribution in [2.24, 2.45) is 11.3 Å². The second-order valence-electron chi connectivity index (χ2n) is 5.33.